The van der Waals surface area contributed by atoms with Crippen LogP contribution in [0.3, 0.4) is 0 Å². The van der Waals surface area contributed by atoms with E-state index in [0.29, 0.717) is 6.54 Å². The molecule has 0 unspecified atom stereocenters. The fraction of sp³-hybridized carbons (Fsp3) is 0.381. The van der Waals surface area contributed by atoms with Crippen LogP contribution in [0.4, 0.5) is 4.39 Å². The van der Waals surface area contributed by atoms with E-state index in [9.17, 15) is 9.18 Å². The van der Waals surface area contributed by atoms with E-state index >= 15 is 0 Å². The Bertz CT molecular complexity index is 739. The molecule has 0 saturated carbocycles. The van der Waals surface area contributed by atoms with E-state index in [2.05, 4.69) is 17.4 Å². The number of nitrogens with one attached hydrogen (secondary N) is 2. The fourth-order valence-corrected chi connectivity index (χ4v) is 3.75. The van der Waals surface area contributed by atoms with Gasteiger partial charge in [-0.25, -0.2) is 4.39 Å². The summed E-state index contributed by atoms with van der Waals surface area (Å²) in [7, 11) is 0. The monoisotopic (exact) mass is 375 g/mol. The number of hydrogen-bond donors (Lipinski definition) is 2. The lowest BCUT2D eigenvalue weighted by atomic mass is 10.0. The van der Waals surface area contributed by atoms with Crippen LogP contribution in [-0.4, -0.2) is 19.0 Å². The summed E-state index contributed by atoms with van der Waals surface area (Å²) in [5, 5.41) is 3.19. The topological polar surface area (TPSA) is 33.5 Å². The Kier molecular flexibility index (Phi) is 6.64. The number of quaternary nitrogens is 1. The molecule has 0 bridgehead atoms. The van der Waals surface area contributed by atoms with E-state index in [-0.39, 0.29) is 22.9 Å². The number of amides is 1. The highest BCUT2D eigenvalue weighted by atomic mass is 35.5. The number of halogens is 2. The van der Waals surface area contributed by atoms with E-state index in [1.165, 1.54) is 50.0 Å². The highest BCUT2D eigenvalue weighted by molar-refractivity contribution is 6.31. The molecule has 2 aromatic carbocycles. The normalized spacial score (nSPS) is 15.0. The Labute approximate surface area is 159 Å². The minimum atomic E-state index is -0.443. The van der Waals surface area contributed by atoms with E-state index < -0.39 is 5.82 Å². The van der Waals surface area contributed by atoms with Gasteiger partial charge in [0.25, 0.3) is 0 Å². The zero-order chi connectivity index (χ0) is 18.4. The first-order valence-electron chi connectivity index (χ1n) is 9.23. The van der Waals surface area contributed by atoms with E-state index in [1.807, 2.05) is 12.1 Å². The number of hydrogen-bond acceptors (Lipinski definition) is 1. The van der Waals surface area contributed by atoms with Crippen molar-refractivity contribution < 1.29 is 14.1 Å². The molecule has 2 aromatic rings. The average Bonchev–Trinajstić information content (AvgIpc) is 2.65. The van der Waals surface area contributed by atoms with Gasteiger partial charge < -0.3 is 10.2 Å². The predicted molar refractivity (Wildman–Crippen MR) is 102 cm³/mol. The van der Waals surface area contributed by atoms with Gasteiger partial charge in [-0.2, -0.15) is 0 Å². The van der Waals surface area contributed by atoms with Crippen LogP contribution in [0.2, 0.25) is 5.02 Å². The van der Waals surface area contributed by atoms with Crippen LogP contribution in [0, 0.1) is 5.82 Å². The molecule has 1 aliphatic heterocycles. The zero-order valence-corrected chi connectivity index (χ0v) is 15.6. The van der Waals surface area contributed by atoms with Gasteiger partial charge in [-0.15, -0.1) is 0 Å². The Balaban J connectivity index is 1.59. The van der Waals surface area contributed by atoms with Gasteiger partial charge in [-0.1, -0.05) is 41.9 Å². The average molecular weight is 376 g/mol. The first-order valence-corrected chi connectivity index (χ1v) is 9.61. The second kappa shape index (κ2) is 9.15. The molecule has 1 aliphatic rings. The molecule has 3 nitrogen and oxygen atoms in total. The minimum absolute atomic E-state index is 0.0505. The number of piperidine rings is 1. The molecule has 3 rings (SSSR count). The Hall–Kier alpha value is -1.91. The third kappa shape index (κ3) is 5.05. The first-order chi connectivity index (χ1) is 12.6. The third-order valence-electron chi connectivity index (χ3n) is 4.99. The van der Waals surface area contributed by atoms with E-state index in [0.717, 1.165) is 12.1 Å². The van der Waals surface area contributed by atoms with Gasteiger partial charge in [0.2, 0.25) is 5.91 Å². The lowest BCUT2D eigenvalue weighted by Crippen LogP contribution is -3.11. The fourth-order valence-electron chi connectivity index (χ4n) is 3.52. The highest BCUT2D eigenvalue weighted by Crippen LogP contribution is 2.19. The van der Waals surface area contributed by atoms with E-state index in [1.54, 1.807) is 11.0 Å². The molecule has 5 heteroatoms. The molecule has 0 atom stereocenters. The Morgan fingerprint density at radius 1 is 1.04 bits per heavy atom. The smallest absolute Gasteiger partial charge is 0.224 e. The summed E-state index contributed by atoms with van der Waals surface area (Å²) >= 11 is 6.00. The van der Waals surface area contributed by atoms with Crippen molar-refractivity contribution in [3.8, 4) is 0 Å². The molecule has 1 fully saturated rings. The van der Waals surface area contributed by atoms with Gasteiger partial charge in [0, 0.05) is 22.7 Å². The standard InChI is InChI=1S/C21H24ClFN2O/c22-19-9-6-10-20(23)18(19)13-21(26)24-14-16-7-2-3-8-17(16)15-25-11-4-1-5-12-25/h2-3,6-10H,1,4-5,11-15H2,(H,24,26)/p+1. The summed E-state index contributed by atoms with van der Waals surface area (Å²) in [6, 6.07) is 12.7. The lowest BCUT2D eigenvalue weighted by molar-refractivity contribution is -0.918. The quantitative estimate of drug-likeness (QED) is 0.799. The van der Waals surface area contributed by atoms with Crippen LogP contribution >= 0.6 is 11.6 Å². The number of likely N-dealkylation sites (tertiary alicyclic amines) is 1. The van der Waals surface area contributed by atoms with Gasteiger partial charge in [0.1, 0.15) is 12.4 Å². The maximum atomic E-state index is 13.8. The molecule has 0 spiro atoms. The lowest BCUT2D eigenvalue weighted by Gasteiger charge is -2.24. The van der Waals surface area contributed by atoms with Crippen LogP contribution in [0.15, 0.2) is 42.5 Å². The Morgan fingerprint density at radius 2 is 1.77 bits per heavy atom. The largest absolute Gasteiger partial charge is 0.352 e. The van der Waals surface area contributed by atoms with Crippen LogP contribution in [0.5, 0.6) is 0 Å². The van der Waals surface area contributed by atoms with Crippen LogP contribution in [0.1, 0.15) is 36.0 Å². The summed E-state index contributed by atoms with van der Waals surface area (Å²) in [6.45, 7) is 3.87. The molecule has 138 valence electrons. The number of carbonyl (C=O) groups excluding carboxylic acids is 1. The van der Waals surface area contributed by atoms with Gasteiger partial charge in [-0.05, 0) is 37.0 Å². The van der Waals surface area contributed by atoms with Crippen molar-refractivity contribution >= 4 is 17.5 Å². The van der Waals surface area contributed by atoms with Crippen molar-refractivity contribution in [2.75, 3.05) is 13.1 Å². The van der Waals surface area contributed by atoms with Gasteiger partial charge in [0.05, 0.1) is 19.5 Å². The van der Waals surface area contributed by atoms with E-state index in [4.69, 9.17) is 11.6 Å². The van der Waals surface area contributed by atoms with Crippen molar-refractivity contribution in [1.82, 2.24) is 5.32 Å². The second-order valence-corrected chi connectivity index (χ2v) is 7.32. The van der Waals surface area contributed by atoms with Gasteiger partial charge >= 0.3 is 0 Å². The maximum Gasteiger partial charge on any atom is 0.224 e. The SMILES string of the molecule is O=C(Cc1c(F)cccc1Cl)NCc1ccccc1C[NH+]1CCCCC1. The van der Waals surface area contributed by atoms with Crippen molar-refractivity contribution in [2.45, 2.75) is 38.8 Å². The number of benzene rings is 2. The summed E-state index contributed by atoms with van der Waals surface area (Å²) in [5.74, 6) is -0.668. The van der Waals surface area contributed by atoms with Crippen LogP contribution < -0.4 is 10.2 Å². The molecular formula is C21H25ClFN2O+. The predicted octanol–water partition coefficient (Wildman–Crippen LogP) is 2.91. The van der Waals surface area contributed by atoms with Crippen LogP contribution in [0.25, 0.3) is 0 Å². The summed E-state index contributed by atoms with van der Waals surface area (Å²) in [4.78, 5) is 13.9. The molecule has 2 N–H and O–H groups in total. The third-order valence-corrected chi connectivity index (χ3v) is 5.35. The zero-order valence-electron chi connectivity index (χ0n) is 14.9. The van der Waals surface area contributed by atoms with Crippen molar-refractivity contribution in [3.63, 3.8) is 0 Å². The maximum absolute atomic E-state index is 13.8. The molecule has 1 heterocycles. The number of carbonyl (C=O) groups is 1. The minimum Gasteiger partial charge on any atom is -0.352 e. The molecule has 1 saturated heterocycles. The highest BCUT2D eigenvalue weighted by Gasteiger charge is 2.16. The Morgan fingerprint density at radius 3 is 2.50 bits per heavy atom. The van der Waals surface area contributed by atoms with Gasteiger partial charge in [-0.3, -0.25) is 4.79 Å². The van der Waals surface area contributed by atoms with Crippen molar-refractivity contribution in [2.24, 2.45) is 0 Å². The summed E-state index contributed by atoms with van der Waals surface area (Å²) in [6.07, 6.45) is 3.86. The first kappa shape index (κ1) is 18.9. The molecular weight excluding hydrogens is 351 g/mol. The van der Waals surface area contributed by atoms with Gasteiger partial charge in [0.15, 0.2) is 0 Å². The second-order valence-electron chi connectivity index (χ2n) is 6.91. The molecule has 1 amide bonds. The summed E-state index contributed by atoms with van der Waals surface area (Å²) < 4.78 is 13.8. The number of rotatable bonds is 6. The molecule has 0 radical (unpaired) electrons. The van der Waals surface area contributed by atoms with Crippen LogP contribution in [-0.2, 0) is 24.3 Å². The van der Waals surface area contributed by atoms with Crippen molar-refractivity contribution in [1.29, 1.82) is 0 Å². The molecule has 0 aromatic heterocycles. The van der Waals surface area contributed by atoms with Crippen molar-refractivity contribution in [3.05, 3.63) is 70.0 Å². The molecule has 26 heavy (non-hydrogen) atoms. The molecule has 0 aliphatic carbocycles. The summed E-state index contributed by atoms with van der Waals surface area (Å²) in [5.41, 5.74) is 2.64.